The van der Waals surface area contributed by atoms with Gasteiger partial charge in [-0.3, -0.25) is 9.78 Å². The fourth-order valence-corrected chi connectivity index (χ4v) is 3.71. The van der Waals surface area contributed by atoms with Gasteiger partial charge in [0.2, 0.25) is 0 Å². The van der Waals surface area contributed by atoms with Crippen LogP contribution >= 0.6 is 0 Å². The minimum absolute atomic E-state index is 0.0871. The average Bonchev–Trinajstić information content (AvgIpc) is 3.42. The van der Waals surface area contributed by atoms with Crippen LogP contribution in [-0.4, -0.2) is 57.1 Å². The number of anilines is 1. The van der Waals surface area contributed by atoms with E-state index in [1.165, 1.54) is 12.3 Å². The number of imide groups is 1. The van der Waals surface area contributed by atoms with Crippen LogP contribution in [0, 0.1) is 0 Å². The highest BCUT2D eigenvalue weighted by molar-refractivity contribution is 6.25. The number of pyridine rings is 1. The maximum Gasteiger partial charge on any atom is 0.573 e. The molecule has 1 saturated heterocycles. The van der Waals surface area contributed by atoms with Crippen molar-refractivity contribution in [3.63, 3.8) is 0 Å². The highest BCUT2D eigenvalue weighted by Gasteiger charge is 2.75. The molecule has 2 fully saturated rings. The normalized spacial score (nSPS) is 22.1. The third kappa shape index (κ3) is 4.40. The molecule has 1 saturated carbocycles. The van der Waals surface area contributed by atoms with Crippen molar-refractivity contribution in [3.8, 4) is 11.5 Å². The molecule has 2 aliphatic rings. The smallest absolute Gasteiger partial charge is 0.506 e. The summed E-state index contributed by atoms with van der Waals surface area (Å²) in [5, 5.41) is 10.00. The first kappa shape index (κ1) is 24.1. The number of nitrogens with zero attached hydrogens (tertiary/aromatic N) is 3. The van der Waals surface area contributed by atoms with Gasteiger partial charge < -0.3 is 19.5 Å². The quantitative estimate of drug-likeness (QED) is 0.378. The molecule has 3 amide bonds. The molecule has 1 aliphatic heterocycles. The Bertz CT molecular complexity index is 1190. The molecule has 9 nitrogen and oxygen atoms in total. The highest BCUT2D eigenvalue weighted by Crippen LogP contribution is 2.52. The minimum atomic E-state index is -5.35. The van der Waals surface area contributed by atoms with Crippen molar-refractivity contribution >= 4 is 23.6 Å². The Balaban J connectivity index is 1.67. The summed E-state index contributed by atoms with van der Waals surface area (Å²) in [7, 11) is 0. The van der Waals surface area contributed by atoms with E-state index in [1.54, 1.807) is 0 Å². The van der Waals surface area contributed by atoms with E-state index in [4.69, 9.17) is 0 Å². The van der Waals surface area contributed by atoms with Crippen molar-refractivity contribution in [2.75, 3.05) is 4.90 Å². The Hall–Kier alpha value is -4.04. The number of alkyl halides is 6. The Kier molecular flexibility index (Phi) is 5.52. The molecule has 1 aromatic carbocycles. The second-order valence-electron chi connectivity index (χ2n) is 7.58. The summed E-state index contributed by atoms with van der Waals surface area (Å²) in [4.78, 5) is 42.8. The summed E-state index contributed by atoms with van der Waals surface area (Å²) in [6.07, 6.45) is -10.1. The first-order chi connectivity index (χ1) is 16.2. The molecule has 0 radical (unpaired) electrons. The van der Waals surface area contributed by atoms with Crippen molar-refractivity contribution in [2.45, 2.75) is 37.1 Å². The van der Waals surface area contributed by atoms with Crippen molar-refractivity contribution in [1.29, 1.82) is 0 Å². The Labute approximate surface area is 191 Å². The lowest BCUT2D eigenvalue weighted by Gasteiger charge is -2.22. The van der Waals surface area contributed by atoms with Crippen molar-refractivity contribution in [2.24, 2.45) is 0 Å². The van der Waals surface area contributed by atoms with Crippen LogP contribution in [0.2, 0.25) is 0 Å². The molecule has 2 aromatic rings. The third-order valence-electron chi connectivity index (χ3n) is 5.37. The zero-order valence-corrected chi connectivity index (χ0v) is 17.1. The third-order valence-corrected chi connectivity index (χ3v) is 5.37. The van der Waals surface area contributed by atoms with E-state index >= 15 is 0 Å². The molecule has 35 heavy (non-hydrogen) atoms. The van der Waals surface area contributed by atoms with E-state index in [9.17, 15) is 45.8 Å². The summed E-state index contributed by atoms with van der Waals surface area (Å²) in [6, 6.07) is 3.85. The van der Waals surface area contributed by atoms with Crippen LogP contribution in [-0.2, 0) is 20.9 Å². The van der Waals surface area contributed by atoms with Gasteiger partial charge in [0.05, 0.1) is 18.4 Å². The average molecular weight is 505 g/mol. The highest BCUT2D eigenvalue weighted by atomic mass is 19.4. The van der Waals surface area contributed by atoms with E-state index < -0.39 is 60.8 Å². The largest absolute Gasteiger partial charge is 0.573 e. The molecule has 4 rings (SSSR count). The van der Waals surface area contributed by atoms with Gasteiger partial charge >= 0.3 is 24.5 Å². The van der Waals surface area contributed by atoms with Crippen LogP contribution < -0.4 is 9.64 Å². The van der Waals surface area contributed by atoms with E-state index in [2.05, 4.69) is 14.5 Å². The summed E-state index contributed by atoms with van der Waals surface area (Å²) < 4.78 is 83.5. The first-order valence-corrected chi connectivity index (χ1v) is 9.65. The molecule has 1 aromatic heterocycles. The molecule has 2 atom stereocenters. The molecular formula is C20H13F6N3O6. The van der Waals surface area contributed by atoms with Crippen LogP contribution in [0.25, 0.3) is 0 Å². The topological polar surface area (TPSA) is 109 Å². The van der Waals surface area contributed by atoms with Gasteiger partial charge in [0.1, 0.15) is 17.6 Å². The van der Waals surface area contributed by atoms with Crippen LogP contribution in [0.5, 0.6) is 11.5 Å². The molecule has 0 bridgehead atoms. The number of urea groups is 1. The van der Waals surface area contributed by atoms with E-state index in [-0.39, 0.29) is 17.0 Å². The lowest BCUT2D eigenvalue weighted by molar-refractivity contribution is -0.274. The fraction of sp³-hybridized carbons (Fsp3) is 0.300. The van der Waals surface area contributed by atoms with Gasteiger partial charge in [-0.2, -0.15) is 13.2 Å². The zero-order valence-electron chi connectivity index (χ0n) is 17.1. The number of ether oxygens (including phenoxy) is 2. The zero-order chi connectivity index (χ0) is 25.8. The number of aromatic hydroxyl groups is 1. The van der Waals surface area contributed by atoms with Crippen LogP contribution in [0.3, 0.4) is 0 Å². The molecular weight excluding hydrogens is 492 g/mol. The number of aromatic nitrogens is 1. The molecule has 2 heterocycles. The number of carbonyl (C=O) groups is 3. The lowest BCUT2D eigenvalue weighted by atomic mass is 10.1. The summed E-state index contributed by atoms with van der Waals surface area (Å²) in [5.74, 6) is -4.63. The van der Waals surface area contributed by atoms with Crippen LogP contribution in [0.1, 0.15) is 12.0 Å². The number of amides is 3. The monoisotopic (exact) mass is 505 g/mol. The number of halogens is 6. The Morgan fingerprint density at radius 2 is 1.77 bits per heavy atom. The molecule has 1 N–H and O–H groups in total. The number of benzene rings is 1. The Morgan fingerprint density at radius 1 is 1.11 bits per heavy atom. The SMILES string of the molecule is O=C1N(c2ccc(OC(F)(F)F)cc2)C(=O)C2(CC2OC(=O)C(F)(F)F)N1Cc1ccncc1O. The predicted octanol–water partition coefficient (Wildman–Crippen LogP) is 3.27. The molecule has 1 spiro atoms. The van der Waals surface area contributed by atoms with Gasteiger partial charge in [0, 0.05) is 18.2 Å². The van der Waals surface area contributed by atoms with Crippen LogP contribution in [0.15, 0.2) is 42.7 Å². The van der Waals surface area contributed by atoms with E-state index in [0.717, 1.165) is 35.4 Å². The number of hydrogen-bond acceptors (Lipinski definition) is 7. The van der Waals surface area contributed by atoms with Gasteiger partial charge in [-0.15, -0.1) is 13.2 Å². The predicted molar refractivity (Wildman–Crippen MR) is 101 cm³/mol. The standard InChI is InChI=1S/C20H13F6N3O6/c21-19(22,23)16(32)34-14-7-18(14)15(31)29(11-1-3-12(4-2-11)35-20(24,25)26)17(33)28(18)9-10-5-6-27-8-13(10)30/h1-6,8,14,30H,7,9H2. The fourth-order valence-electron chi connectivity index (χ4n) is 3.71. The maximum absolute atomic E-state index is 13.2. The first-order valence-electron chi connectivity index (χ1n) is 9.65. The van der Waals surface area contributed by atoms with Crippen molar-refractivity contribution in [1.82, 2.24) is 9.88 Å². The van der Waals surface area contributed by atoms with Crippen LogP contribution in [0.4, 0.5) is 36.8 Å². The van der Waals surface area contributed by atoms with Crippen molar-refractivity contribution in [3.05, 3.63) is 48.3 Å². The van der Waals surface area contributed by atoms with Gasteiger partial charge in [-0.25, -0.2) is 14.5 Å². The van der Waals surface area contributed by atoms with E-state index in [1.807, 2.05) is 0 Å². The minimum Gasteiger partial charge on any atom is -0.506 e. The number of rotatable bonds is 5. The molecule has 15 heteroatoms. The molecule has 2 unspecified atom stereocenters. The summed E-state index contributed by atoms with van der Waals surface area (Å²) in [5.41, 5.74) is -2.12. The van der Waals surface area contributed by atoms with E-state index in [0.29, 0.717) is 4.90 Å². The van der Waals surface area contributed by atoms with Gasteiger partial charge in [-0.1, -0.05) is 0 Å². The van der Waals surface area contributed by atoms with Gasteiger partial charge in [-0.05, 0) is 30.3 Å². The number of esters is 1. The van der Waals surface area contributed by atoms with Gasteiger partial charge in [0.15, 0.2) is 5.54 Å². The van der Waals surface area contributed by atoms with Crippen molar-refractivity contribution < 1.29 is 55.3 Å². The summed E-state index contributed by atoms with van der Waals surface area (Å²) in [6.45, 7) is -0.467. The second kappa shape index (κ2) is 8.02. The summed E-state index contributed by atoms with van der Waals surface area (Å²) >= 11 is 0. The second-order valence-corrected chi connectivity index (χ2v) is 7.58. The maximum atomic E-state index is 13.2. The molecule has 186 valence electrons. The Morgan fingerprint density at radius 3 is 2.34 bits per heavy atom. The number of carbonyl (C=O) groups excluding carboxylic acids is 3. The lowest BCUT2D eigenvalue weighted by Crippen LogP contribution is -2.41. The number of hydrogen-bond donors (Lipinski definition) is 1. The van der Waals surface area contributed by atoms with Gasteiger partial charge in [0.25, 0.3) is 5.91 Å². The molecule has 1 aliphatic carbocycles.